The van der Waals surface area contributed by atoms with Gasteiger partial charge in [-0.05, 0) is 17.7 Å². The molecule has 2 rings (SSSR count). The molecule has 1 saturated heterocycles. The van der Waals surface area contributed by atoms with Crippen LogP contribution < -0.4 is 0 Å². The van der Waals surface area contributed by atoms with Crippen LogP contribution in [0.1, 0.15) is 12.0 Å². The number of phenolic OH excluding ortho intramolecular Hbond substituents is 1. The van der Waals surface area contributed by atoms with Gasteiger partial charge >= 0.3 is 11.7 Å². The Morgan fingerprint density at radius 1 is 1.48 bits per heavy atom. The van der Waals surface area contributed by atoms with Gasteiger partial charge in [0.25, 0.3) is 5.91 Å². The number of carbonyl (C=O) groups is 2. The van der Waals surface area contributed by atoms with Gasteiger partial charge in [-0.1, -0.05) is 30.0 Å². The van der Waals surface area contributed by atoms with Gasteiger partial charge in [-0.15, -0.1) is 0 Å². The highest BCUT2D eigenvalue weighted by Gasteiger charge is 2.32. The maximum Gasteiger partial charge on any atom is 0.311 e. The Morgan fingerprint density at radius 3 is 2.78 bits per heavy atom. The summed E-state index contributed by atoms with van der Waals surface area (Å²) in [5.74, 6) is -1.96. The molecule has 2 N–H and O–H groups in total. The number of nitro groups is 1. The lowest BCUT2D eigenvalue weighted by Crippen LogP contribution is -2.30. The Labute approximate surface area is 139 Å². The molecule has 0 radical (unpaired) electrons. The molecule has 0 spiro atoms. The number of hydrogen-bond acceptors (Lipinski definition) is 7. The number of nitro benzene ring substituents is 1. The van der Waals surface area contributed by atoms with Crippen molar-refractivity contribution < 1.29 is 24.7 Å². The molecule has 0 unspecified atom stereocenters. The van der Waals surface area contributed by atoms with Gasteiger partial charge in [-0.2, -0.15) is 0 Å². The standard InChI is InChI=1S/C13H10N2O6S2/c16-9-2-1-7(5-8(9)15(20)21)6-10-12(19)14(13(22)23-10)4-3-11(17)18/h1-2,5-6,16H,3-4H2,(H,17,18)/b10-6-. The number of nitrogens with zero attached hydrogens (tertiary/aromatic N) is 2. The highest BCUT2D eigenvalue weighted by Crippen LogP contribution is 2.34. The summed E-state index contributed by atoms with van der Waals surface area (Å²) < 4.78 is 0.232. The molecular weight excluding hydrogens is 344 g/mol. The summed E-state index contributed by atoms with van der Waals surface area (Å²) in [6, 6.07) is 3.72. The molecule has 1 aliphatic heterocycles. The van der Waals surface area contributed by atoms with Gasteiger partial charge in [0.05, 0.1) is 16.2 Å². The molecule has 0 aromatic heterocycles. The zero-order valence-electron chi connectivity index (χ0n) is 11.5. The minimum atomic E-state index is -1.04. The van der Waals surface area contributed by atoms with Crippen LogP contribution in [-0.2, 0) is 9.59 Å². The van der Waals surface area contributed by atoms with E-state index in [-0.39, 0.29) is 22.2 Å². The van der Waals surface area contributed by atoms with Crippen molar-refractivity contribution in [2.45, 2.75) is 6.42 Å². The van der Waals surface area contributed by atoms with Crippen molar-refractivity contribution in [1.29, 1.82) is 0 Å². The number of rotatable bonds is 5. The second-order valence-corrected chi connectivity index (χ2v) is 6.16. The lowest BCUT2D eigenvalue weighted by atomic mass is 10.1. The summed E-state index contributed by atoms with van der Waals surface area (Å²) in [6.07, 6.45) is 1.18. The highest BCUT2D eigenvalue weighted by molar-refractivity contribution is 8.26. The molecule has 0 bridgehead atoms. The summed E-state index contributed by atoms with van der Waals surface area (Å²) in [5.41, 5.74) is -0.117. The number of aromatic hydroxyl groups is 1. The average Bonchev–Trinajstić information content (AvgIpc) is 2.73. The molecule has 1 aromatic rings. The summed E-state index contributed by atoms with van der Waals surface area (Å²) in [7, 11) is 0. The van der Waals surface area contributed by atoms with E-state index in [4.69, 9.17) is 17.3 Å². The van der Waals surface area contributed by atoms with Gasteiger partial charge in [0.1, 0.15) is 4.32 Å². The number of carboxylic acids is 1. The molecule has 1 fully saturated rings. The molecule has 8 nitrogen and oxygen atoms in total. The Kier molecular flexibility index (Phi) is 4.96. The third-order valence-corrected chi connectivity index (χ3v) is 4.29. The van der Waals surface area contributed by atoms with Crippen LogP contribution in [0.5, 0.6) is 5.75 Å². The maximum absolute atomic E-state index is 12.2. The van der Waals surface area contributed by atoms with Crippen LogP contribution in [0.4, 0.5) is 5.69 Å². The van der Waals surface area contributed by atoms with Crippen LogP contribution in [0.3, 0.4) is 0 Å². The summed E-state index contributed by atoms with van der Waals surface area (Å²) >= 11 is 6.03. The number of carboxylic acid groups (broad SMARTS) is 1. The van der Waals surface area contributed by atoms with Gasteiger partial charge in [-0.25, -0.2) is 0 Å². The lowest BCUT2D eigenvalue weighted by molar-refractivity contribution is -0.385. The van der Waals surface area contributed by atoms with Crippen molar-refractivity contribution in [1.82, 2.24) is 4.90 Å². The zero-order chi connectivity index (χ0) is 17.1. The zero-order valence-corrected chi connectivity index (χ0v) is 13.1. The molecular formula is C13H10N2O6S2. The van der Waals surface area contributed by atoms with Crippen molar-refractivity contribution in [3.63, 3.8) is 0 Å². The topological polar surface area (TPSA) is 121 Å². The first kappa shape index (κ1) is 16.9. The number of amides is 1. The molecule has 0 saturated carbocycles. The van der Waals surface area contributed by atoms with Crippen molar-refractivity contribution in [3.05, 3.63) is 38.8 Å². The van der Waals surface area contributed by atoms with Crippen LogP contribution in [0.2, 0.25) is 0 Å². The molecule has 120 valence electrons. The minimum Gasteiger partial charge on any atom is -0.502 e. The number of benzene rings is 1. The van der Waals surface area contributed by atoms with E-state index in [0.717, 1.165) is 23.9 Å². The Morgan fingerprint density at radius 2 is 2.17 bits per heavy atom. The van der Waals surface area contributed by atoms with Crippen LogP contribution >= 0.6 is 24.0 Å². The molecule has 10 heteroatoms. The van der Waals surface area contributed by atoms with E-state index in [2.05, 4.69) is 0 Å². The van der Waals surface area contributed by atoms with Gasteiger partial charge in [0.2, 0.25) is 0 Å². The fourth-order valence-corrected chi connectivity index (χ4v) is 3.14. The van der Waals surface area contributed by atoms with Crippen molar-refractivity contribution in [3.8, 4) is 5.75 Å². The molecule has 23 heavy (non-hydrogen) atoms. The quantitative estimate of drug-likeness (QED) is 0.356. The Hall–Kier alpha value is -2.46. The van der Waals surface area contributed by atoms with Crippen molar-refractivity contribution in [2.75, 3.05) is 6.54 Å². The summed E-state index contributed by atoms with van der Waals surface area (Å²) in [4.78, 5) is 34.3. The van der Waals surface area contributed by atoms with E-state index >= 15 is 0 Å². The van der Waals surface area contributed by atoms with Crippen molar-refractivity contribution >= 4 is 51.9 Å². The number of thioether (sulfide) groups is 1. The molecule has 1 aromatic carbocycles. The van der Waals surface area contributed by atoms with E-state index in [1.165, 1.54) is 17.0 Å². The third-order valence-electron chi connectivity index (χ3n) is 2.92. The second-order valence-electron chi connectivity index (χ2n) is 4.48. The molecule has 1 amide bonds. The SMILES string of the molecule is O=C(O)CCN1C(=O)/C(=C/c2ccc(O)c([N+](=O)[O-])c2)SC1=S. The lowest BCUT2D eigenvalue weighted by Gasteiger charge is -2.12. The fraction of sp³-hybridized carbons (Fsp3) is 0.154. The monoisotopic (exact) mass is 354 g/mol. The van der Waals surface area contributed by atoms with Gasteiger partial charge in [0, 0.05) is 12.6 Å². The van der Waals surface area contributed by atoms with Crippen LogP contribution in [0.15, 0.2) is 23.1 Å². The van der Waals surface area contributed by atoms with E-state index in [9.17, 15) is 24.8 Å². The molecule has 1 aliphatic rings. The van der Waals surface area contributed by atoms with Crippen LogP contribution in [0, 0.1) is 10.1 Å². The third kappa shape index (κ3) is 3.85. The molecule has 0 atom stereocenters. The average molecular weight is 354 g/mol. The van der Waals surface area contributed by atoms with Gasteiger partial charge in [0.15, 0.2) is 5.75 Å². The first-order chi connectivity index (χ1) is 10.8. The predicted octanol–water partition coefficient (Wildman–Crippen LogP) is 1.98. The fourth-order valence-electron chi connectivity index (χ4n) is 1.83. The number of carbonyl (C=O) groups excluding carboxylic acids is 1. The number of phenols is 1. The largest absolute Gasteiger partial charge is 0.502 e. The highest BCUT2D eigenvalue weighted by atomic mass is 32.2. The predicted molar refractivity (Wildman–Crippen MR) is 86.9 cm³/mol. The number of aliphatic carboxylic acids is 1. The van der Waals surface area contributed by atoms with Gasteiger partial charge < -0.3 is 10.2 Å². The minimum absolute atomic E-state index is 0.0347. The molecule has 1 heterocycles. The smallest absolute Gasteiger partial charge is 0.311 e. The Balaban J connectivity index is 2.25. The first-order valence-electron chi connectivity index (χ1n) is 6.24. The van der Waals surface area contributed by atoms with E-state index in [0.29, 0.717) is 5.56 Å². The first-order valence-corrected chi connectivity index (χ1v) is 7.46. The number of hydrogen-bond donors (Lipinski definition) is 2. The Bertz CT molecular complexity index is 746. The maximum atomic E-state index is 12.2. The molecule has 0 aliphatic carbocycles. The second kappa shape index (κ2) is 6.75. The summed E-state index contributed by atoms with van der Waals surface area (Å²) in [5, 5.41) is 28.9. The van der Waals surface area contributed by atoms with Crippen LogP contribution in [0.25, 0.3) is 6.08 Å². The van der Waals surface area contributed by atoms with E-state index in [1.54, 1.807) is 0 Å². The van der Waals surface area contributed by atoms with E-state index < -0.39 is 28.2 Å². The van der Waals surface area contributed by atoms with Crippen LogP contribution in [-0.4, -0.2) is 42.8 Å². The summed E-state index contributed by atoms with van der Waals surface area (Å²) in [6.45, 7) is -0.0347. The van der Waals surface area contributed by atoms with E-state index in [1.807, 2.05) is 0 Å². The normalized spacial score (nSPS) is 16.2. The van der Waals surface area contributed by atoms with Gasteiger partial charge in [-0.3, -0.25) is 24.6 Å². The number of thiocarbonyl (C=S) groups is 1. The van der Waals surface area contributed by atoms with Crippen molar-refractivity contribution in [2.24, 2.45) is 0 Å².